The fourth-order valence-corrected chi connectivity index (χ4v) is 5.19. The quantitative estimate of drug-likeness (QED) is 0.457. The van der Waals surface area contributed by atoms with Gasteiger partial charge in [-0.3, -0.25) is 24.2 Å². The fraction of sp³-hybridized carbons (Fsp3) is 0.357. The van der Waals surface area contributed by atoms with E-state index in [0.717, 1.165) is 6.07 Å². The first-order valence-corrected chi connectivity index (χ1v) is 13.4. The maximum Gasteiger partial charge on any atom is 0.414 e. The van der Waals surface area contributed by atoms with Gasteiger partial charge in [0.1, 0.15) is 29.2 Å². The summed E-state index contributed by atoms with van der Waals surface area (Å²) in [4.78, 5) is 50.9. The van der Waals surface area contributed by atoms with Crippen LogP contribution in [0.25, 0.3) is 10.9 Å². The van der Waals surface area contributed by atoms with Crippen molar-refractivity contribution in [3.8, 4) is 5.75 Å². The number of halogens is 2. The minimum Gasteiger partial charge on any atom is -0.477 e. The highest BCUT2D eigenvalue weighted by Crippen LogP contribution is 2.40. The number of nitrogens with one attached hydrogen (secondary N) is 1. The van der Waals surface area contributed by atoms with E-state index in [2.05, 4.69) is 5.32 Å². The monoisotopic (exact) mass is 600 g/mol. The van der Waals surface area contributed by atoms with Crippen molar-refractivity contribution in [3.05, 3.63) is 57.9 Å². The molecule has 13 nitrogen and oxygen atoms in total. The predicted molar refractivity (Wildman–Crippen MR) is 154 cm³/mol. The number of carboxylic acids is 1. The number of benzene rings is 2. The van der Waals surface area contributed by atoms with Gasteiger partial charge in [0.25, 0.3) is 0 Å². The topological polar surface area (TPSA) is 137 Å². The van der Waals surface area contributed by atoms with Gasteiger partial charge in [-0.2, -0.15) is 0 Å². The molecule has 6 rings (SSSR count). The number of piperazine rings is 1. The zero-order valence-electron chi connectivity index (χ0n) is 23.7. The molecule has 0 aliphatic carbocycles. The maximum absolute atomic E-state index is 15.5. The molecule has 2 aromatic carbocycles. The Morgan fingerprint density at radius 3 is 2.23 bits per heavy atom. The van der Waals surface area contributed by atoms with Crippen LogP contribution < -0.4 is 35.2 Å². The van der Waals surface area contributed by atoms with Gasteiger partial charge < -0.3 is 29.7 Å². The van der Waals surface area contributed by atoms with Gasteiger partial charge in [-0.05, 0) is 24.3 Å². The molecule has 15 heteroatoms. The van der Waals surface area contributed by atoms with E-state index in [1.807, 2.05) is 4.90 Å². The van der Waals surface area contributed by atoms with Crippen molar-refractivity contribution in [1.82, 2.24) is 9.99 Å². The first kappa shape index (κ1) is 29.4. The van der Waals surface area contributed by atoms with Crippen molar-refractivity contribution in [1.29, 1.82) is 0 Å². The zero-order valence-corrected chi connectivity index (χ0v) is 23.7. The first-order valence-electron chi connectivity index (χ1n) is 13.4. The Hall–Kier alpha value is -5.08. The Morgan fingerprint density at radius 1 is 0.977 bits per heavy atom. The van der Waals surface area contributed by atoms with Crippen LogP contribution >= 0.6 is 0 Å². The van der Waals surface area contributed by atoms with E-state index in [-0.39, 0.29) is 41.6 Å². The predicted octanol–water partition coefficient (Wildman–Crippen LogP) is 1.93. The third-order valence-electron chi connectivity index (χ3n) is 7.44. The molecule has 0 bridgehead atoms. The molecule has 2 fully saturated rings. The van der Waals surface area contributed by atoms with Gasteiger partial charge in [0.05, 0.1) is 23.3 Å². The smallest absolute Gasteiger partial charge is 0.414 e. The summed E-state index contributed by atoms with van der Waals surface area (Å²) >= 11 is 0. The summed E-state index contributed by atoms with van der Waals surface area (Å²) in [6, 6.07) is 5.63. The summed E-state index contributed by atoms with van der Waals surface area (Å²) in [7, 11) is 3.26. The van der Waals surface area contributed by atoms with Crippen LogP contribution in [0.15, 0.2) is 35.3 Å². The Bertz CT molecular complexity index is 1670. The molecule has 2 amide bonds. The van der Waals surface area contributed by atoms with E-state index in [4.69, 9.17) is 9.47 Å². The first-order chi connectivity index (χ1) is 20.5. The Balaban J connectivity index is 0.000000682. The minimum atomic E-state index is -1.40. The third-order valence-corrected chi connectivity index (χ3v) is 7.44. The van der Waals surface area contributed by atoms with Gasteiger partial charge in [-0.1, -0.05) is 0 Å². The molecule has 4 heterocycles. The van der Waals surface area contributed by atoms with Crippen molar-refractivity contribution in [2.45, 2.75) is 6.92 Å². The summed E-state index contributed by atoms with van der Waals surface area (Å²) in [5.74, 6) is -2.42. The van der Waals surface area contributed by atoms with E-state index in [1.165, 1.54) is 28.8 Å². The number of carboxylic acid groups (broad SMARTS) is 1. The average molecular weight is 601 g/mol. The number of aromatic carboxylic acids is 1. The number of rotatable bonds is 4. The number of hydrogen-bond donors (Lipinski definition) is 2. The number of pyridine rings is 1. The van der Waals surface area contributed by atoms with Crippen LogP contribution in [0.4, 0.5) is 30.6 Å². The molecular formula is C28H30F2N6O7. The van der Waals surface area contributed by atoms with Crippen LogP contribution in [0.2, 0.25) is 0 Å². The highest BCUT2D eigenvalue weighted by atomic mass is 19.1. The molecule has 228 valence electrons. The van der Waals surface area contributed by atoms with Crippen molar-refractivity contribution in [2.75, 3.05) is 79.9 Å². The van der Waals surface area contributed by atoms with Gasteiger partial charge in [0, 0.05) is 53.4 Å². The molecule has 2 saturated heterocycles. The number of anilines is 3. The van der Waals surface area contributed by atoms with Crippen molar-refractivity contribution >= 4 is 45.9 Å². The normalized spacial score (nSPS) is 16.0. The van der Waals surface area contributed by atoms with Crippen LogP contribution in [0.1, 0.15) is 17.3 Å². The Morgan fingerprint density at radius 2 is 1.65 bits per heavy atom. The van der Waals surface area contributed by atoms with Crippen LogP contribution in [-0.4, -0.2) is 87.9 Å². The van der Waals surface area contributed by atoms with Crippen LogP contribution in [0.5, 0.6) is 5.75 Å². The minimum absolute atomic E-state index is 0.00463. The number of carbonyl (C=O) groups excluding carboxylic acids is 2. The molecule has 0 atom stereocenters. The number of hydrogen-bond acceptors (Lipinski definition) is 9. The fourth-order valence-electron chi connectivity index (χ4n) is 5.19. The van der Waals surface area contributed by atoms with Crippen molar-refractivity contribution in [2.24, 2.45) is 0 Å². The molecule has 0 saturated carbocycles. The molecule has 0 radical (unpaired) electrons. The largest absolute Gasteiger partial charge is 0.477 e. The summed E-state index contributed by atoms with van der Waals surface area (Å²) < 4.78 is 42.8. The molecule has 3 aromatic rings. The highest BCUT2D eigenvalue weighted by molar-refractivity contribution is 5.97. The summed E-state index contributed by atoms with van der Waals surface area (Å²) in [5, 5.41) is 13.3. The van der Waals surface area contributed by atoms with Gasteiger partial charge in [0.15, 0.2) is 18.3 Å². The Kier molecular flexibility index (Phi) is 7.98. The molecule has 43 heavy (non-hydrogen) atoms. The lowest BCUT2D eigenvalue weighted by Crippen LogP contribution is -2.47. The van der Waals surface area contributed by atoms with Crippen molar-refractivity contribution in [3.63, 3.8) is 0 Å². The van der Waals surface area contributed by atoms with E-state index in [1.54, 1.807) is 36.1 Å². The average Bonchev–Trinajstić information content (AvgIpc) is 3.41. The van der Waals surface area contributed by atoms with Gasteiger partial charge in [0.2, 0.25) is 11.3 Å². The van der Waals surface area contributed by atoms with E-state index in [9.17, 15) is 24.3 Å². The summed E-state index contributed by atoms with van der Waals surface area (Å²) in [6.07, 6.45) is 0.706. The number of carbonyl (C=O) groups is 3. The SMILES string of the molecule is CN1COc2c(N3CCN(c4ccc(N5CCOC5=O)cc4F)CC3)c(F)cc3c(=O)c(C(=O)O)cn1c23.CNC(C)=O. The second kappa shape index (κ2) is 11.7. The number of aromatic nitrogens is 1. The lowest BCUT2D eigenvalue weighted by molar-refractivity contribution is -0.118. The number of amides is 2. The second-order valence-electron chi connectivity index (χ2n) is 10.1. The molecule has 3 aliphatic heterocycles. The maximum atomic E-state index is 15.5. The van der Waals surface area contributed by atoms with Gasteiger partial charge in [-0.15, -0.1) is 0 Å². The molecular weight excluding hydrogens is 570 g/mol. The lowest BCUT2D eigenvalue weighted by atomic mass is 10.1. The number of nitrogens with zero attached hydrogens (tertiary/aromatic N) is 5. The van der Waals surface area contributed by atoms with E-state index in [0.29, 0.717) is 44.1 Å². The van der Waals surface area contributed by atoms with Crippen LogP contribution in [-0.2, 0) is 9.53 Å². The van der Waals surface area contributed by atoms with Crippen LogP contribution in [0, 0.1) is 11.6 Å². The third kappa shape index (κ3) is 5.45. The highest BCUT2D eigenvalue weighted by Gasteiger charge is 2.32. The zero-order chi connectivity index (χ0) is 31.0. The lowest BCUT2D eigenvalue weighted by Gasteiger charge is -2.39. The van der Waals surface area contributed by atoms with Gasteiger partial charge in [-0.25, -0.2) is 18.4 Å². The molecule has 1 aromatic heterocycles. The molecule has 0 spiro atoms. The molecule has 3 aliphatic rings. The number of ether oxygens (including phenoxy) is 2. The Labute approximate surface area is 244 Å². The number of cyclic esters (lactones) is 1. The van der Waals surface area contributed by atoms with E-state index < -0.39 is 34.7 Å². The van der Waals surface area contributed by atoms with Gasteiger partial charge >= 0.3 is 12.1 Å². The van der Waals surface area contributed by atoms with Crippen molar-refractivity contribution < 1.29 is 37.7 Å². The van der Waals surface area contributed by atoms with E-state index >= 15 is 8.78 Å². The summed E-state index contributed by atoms with van der Waals surface area (Å²) in [6.45, 7) is 3.54. The second-order valence-corrected chi connectivity index (χ2v) is 10.1. The van der Waals surface area contributed by atoms with Crippen LogP contribution in [0.3, 0.4) is 0 Å². The summed E-state index contributed by atoms with van der Waals surface area (Å²) in [5.41, 5.74) is -0.00875. The molecule has 0 unspecified atom stereocenters. The standard InChI is InChI=1S/C25H23F2N5O6.C3H7NO/c1-28-13-38-23-20-15(22(33)16(24(34)35)12-32(20)28)11-18(27)21(23)30-6-4-29(5-7-30)19-3-2-14(10-17(19)26)31-8-9-37-25(31)36;1-3(5)4-2/h2-3,10-12H,4-9,13H2,1H3,(H,34,35);1-2H3,(H,4,5). The molecule has 2 N–H and O–H groups in total.